The molecule has 458 valence electrons. The van der Waals surface area contributed by atoms with E-state index in [0.717, 1.165) is 49.8 Å². The highest BCUT2D eigenvalue weighted by Crippen LogP contribution is 2.19. The molecule has 0 aliphatic heterocycles. The van der Waals surface area contributed by atoms with Crippen LogP contribution in [-0.2, 0) is 20.4 Å². The van der Waals surface area contributed by atoms with E-state index in [1.165, 1.54) is 91.4 Å². The van der Waals surface area contributed by atoms with E-state index in [1.54, 1.807) is 136 Å². The van der Waals surface area contributed by atoms with Crippen LogP contribution in [0.25, 0.3) is 66.7 Å². The molecule has 0 atom stereocenters. The van der Waals surface area contributed by atoms with E-state index in [1.807, 2.05) is 60.7 Å². The number of nitrogens with zero attached hydrogens (tertiary/aromatic N) is 23. The Morgan fingerprint density at radius 1 is 0.398 bits per heavy atom. The minimum Gasteiger partial charge on any atom is -0.330 e. The van der Waals surface area contributed by atoms with E-state index >= 15 is 0 Å². The summed E-state index contributed by atoms with van der Waals surface area (Å²) in [6.45, 7) is 0. The van der Waals surface area contributed by atoms with Gasteiger partial charge in [-0.3, -0.25) is 9.55 Å². The predicted molar refractivity (Wildman–Crippen MR) is 329 cm³/mol. The smallest absolute Gasteiger partial charge is 0.330 e. The van der Waals surface area contributed by atoms with Crippen molar-refractivity contribution in [1.29, 1.82) is 0 Å². The van der Waals surface area contributed by atoms with Gasteiger partial charge < -0.3 is 19.6 Å². The number of carbonyl (C=O) groups is 4. The van der Waals surface area contributed by atoms with E-state index in [0.29, 0.717) is 33.5 Å². The van der Waals surface area contributed by atoms with E-state index in [-0.39, 0.29) is 24.1 Å². The number of hydrogen-bond donors (Lipinski definition) is 0. The molecule has 0 N–H and O–H groups in total. The van der Waals surface area contributed by atoms with Crippen molar-refractivity contribution in [3.05, 3.63) is 165 Å². The molecule has 0 aliphatic carbocycles. The van der Waals surface area contributed by atoms with Gasteiger partial charge in [-0.15, -0.1) is 19.0 Å². The van der Waals surface area contributed by atoms with Crippen molar-refractivity contribution < 1.29 is 36.0 Å². The zero-order valence-corrected chi connectivity index (χ0v) is 51.6. The molecule has 0 spiro atoms. The number of rotatable bonds is 5. The molecule has 9 heterocycles. The number of aromatic nitrogens is 17. The normalized spacial score (nSPS) is 11.1. The summed E-state index contributed by atoms with van der Waals surface area (Å²) >= 11 is 0. The Hall–Kier alpha value is -10.8. The second-order valence-corrected chi connectivity index (χ2v) is 23.6. The van der Waals surface area contributed by atoms with Crippen LogP contribution >= 0.6 is 0 Å². The van der Waals surface area contributed by atoms with Crippen LogP contribution in [0.1, 0.15) is 0 Å². The highest BCUT2D eigenvalue weighted by atomic mass is 32.2. The van der Waals surface area contributed by atoms with Crippen LogP contribution in [-0.4, -0.2) is 236 Å². The van der Waals surface area contributed by atoms with E-state index < -0.39 is 20.4 Å². The van der Waals surface area contributed by atoms with Crippen molar-refractivity contribution in [2.24, 2.45) is 0 Å². The van der Waals surface area contributed by atoms with Gasteiger partial charge in [-0.05, 0) is 59.8 Å². The Kier molecular flexibility index (Phi) is 20.9. The quantitative estimate of drug-likeness (QED) is 0.215. The SMILES string of the molecule is CN(C)C(=O)n1cnc2ccccc21.CN(C)C(=O)n1cnc2cccnc21.CN(C)C(=O)n1cnc2ccncc21.CN(C)C(=O)n1nnc2cccnc21.CN(C)S(=O)(=O)n1cnc(-c2ccccc2)c1.CN(C)S(=O)(=O)n1nnc2ccccc21. The molecule has 3 aromatic carbocycles. The van der Waals surface area contributed by atoms with Crippen molar-refractivity contribution >= 4 is 100.0 Å². The Morgan fingerprint density at radius 2 is 0.875 bits per heavy atom. The van der Waals surface area contributed by atoms with Crippen LogP contribution in [0.4, 0.5) is 19.2 Å². The summed E-state index contributed by atoms with van der Waals surface area (Å²) in [6.07, 6.45) is 13.9. The molecular formula is C55H63N23O8S2. The van der Waals surface area contributed by atoms with Crippen LogP contribution in [0.5, 0.6) is 0 Å². The zero-order valence-electron chi connectivity index (χ0n) is 50.0. The summed E-state index contributed by atoms with van der Waals surface area (Å²) in [7, 11) is 12.3. The summed E-state index contributed by atoms with van der Waals surface area (Å²) in [5, 5.41) is 15.0. The fourth-order valence-corrected chi connectivity index (χ4v) is 9.01. The molecule has 0 unspecified atom stereocenters. The Bertz CT molecular complexity index is 4230. The first-order valence-corrected chi connectivity index (χ1v) is 28.9. The lowest BCUT2D eigenvalue weighted by Gasteiger charge is -2.10. The Labute approximate surface area is 505 Å². The number of benzene rings is 3. The molecule has 4 amide bonds. The molecule has 0 fully saturated rings. The fraction of sp³-hybridized carbons (Fsp3) is 0.218. The van der Waals surface area contributed by atoms with Gasteiger partial charge in [0, 0.05) is 115 Å². The van der Waals surface area contributed by atoms with Gasteiger partial charge in [0.15, 0.2) is 11.3 Å². The molecular weight excluding hydrogens is 1170 g/mol. The number of amides is 4. The van der Waals surface area contributed by atoms with Gasteiger partial charge in [0.1, 0.15) is 47.4 Å². The van der Waals surface area contributed by atoms with Crippen molar-refractivity contribution in [3.8, 4) is 11.3 Å². The maximum Gasteiger partial charge on any atom is 0.347 e. The highest BCUT2D eigenvalue weighted by molar-refractivity contribution is 7.87. The number of fused-ring (bicyclic) bond motifs is 5. The molecule has 12 rings (SSSR count). The van der Waals surface area contributed by atoms with Crippen LogP contribution in [0.2, 0.25) is 0 Å². The van der Waals surface area contributed by atoms with Crippen molar-refractivity contribution in [1.82, 2.24) is 110 Å². The lowest BCUT2D eigenvalue weighted by molar-refractivity contribution is 0.216. The van der Waals surface area contributed by atoms with Crippen LogP contribution in [0, 0.1) is 0 Å². The van der Waals surface area contributed by atoms with Gasteiger partial charge in [-0.25, -0.2) is 62.2 Å². The summed E-state index contributed by atoms with van der Waals surface area (Å²) in [5.41, 5.74) is 8.14. The van der Waals surface area contributed by atoms with Gasteiger partial charge in [0.25, 0.3) is 0 Å². The summed E-state index contributed by atoms with van der Waals surface area (Å²) in [6, 6.07) is 32.2. The van der Waals surface area contributed by atoms with Gasteiger partial charge in [-0.1, -0.05) is 59.8 Å². The maximum atomic E-state index is 11.8. The Morgan fingerprint density at radius 3 is 1.48 bits per heavy atom. The van der Waals surface area contributed by atoms with Gasteiger partial charge in [0.05, 0.1) is 34.0 Å². The molecule has 0 saturated heterocycles. The first kappa shape index (κ1) is 64.8. The lowest BCUT2D eigenvalue weighted by Crippen LogP contribution is -2.29. The summed E-state index contributed by atoms with van der Waals surface area (Å²) < 4.78 is 57.1. The second kappa shape index (κ2) is 28.4. The Balaban J connectivity index is 0.000000151. The average Bonchev–Trinajstić information content (AvgIpc) is 3.34. The number of hydrogen-bond acceptors (Lipinski definition) is 19. The topological polar surface area (TPSA) is 327 Å². The third-order valence-electron chi connectivity index (χ3n) is 12.0. The number of carbonyl (C=O) groups excluding carboxylic acids is 4. The lowest BCUT2D eigenvalue weighted by atomic mass is 10.2. The number of para-hydroxylation sites is 3. The van der Waals surface area contributed by atoms with Gasteiger partial charge in [0.2, 0.25) is 0 Å². The molecule has 33 heteroatoms. The van der Waals surface area contributed by atoms with Crippen molar-refractivity contribution in [3.63, 3.8) is 0 Å². The minimum atomic E-state index is -3.58. The third kappa shape index (κ3) is 15.0. The van der Waals surface area contributed by atoms with E-state index in [9.17, 15) is 36.0 Å². The second-order valence-electron chi connectivity index (χ2n) is 19.6. The van der Waals surface area contributed by atoms with Crippen molar-refractivity contribution in [2.75, 3.05) is 84.6 Å². The number of imidazole rings is 4. The first-order valence-electron chi connectivity index (χ1n) is 26.1. The molecule has 12 aromatic rings. The van der Waals surface area contributed by atoms with Crippen LogP contribution in [0.3, 0.4) is 0 Å². The minimum absolute atomic E-state index is 0.0845. The van der Waals surface area contributed by atoms with E-state index in [4.69, 9.17) is 0 Å². The molecule has 0 radical (unpaired) electrons. The molecule has 31 nitrogen and oxygen atoms in total. The fourth-order valence-electron chi connectivity index (χ4n) is 7.39. The molecule has 0 bridgehead atoms. The van der Waals surface area contributed by atoms with Gasteiger partial charge in [-0.2, -0.15) is 25.4 Å². The van der Waals surface area contributed by atoms with E-state index in [2.05, 4.69) is 55.5 Å². The zero-order chi connectivity index (χ0) is 64.0. The van der Waals surface area contributed by atoms with Crippen LogP contribution in [0.15, 0.2) is 165 Å². The largest absolute Gasteiger partial charge is 0.347 e. The van der Waals surface area contributed by atoms with Crippen molar-refractivity contribution in [2.45, 2.75) is 0 Å². The maximum absolute atomic E-state index is 11.8. The standard InChI is InChI=1S/C11H13N3O2S.C10H11N3O.2C9H10N4O.C8H9N5O.C8H10N4O2S/c1-13(2)17(15,16)14-8-11(12-9-14)10-6-4-3-5-7-10;1-12(2)10(14)13-7-11-8-5-3-4-6-9(8)13;1-12(2)9(14)13-6-11-7-3-4-10-5-8(7)13;1-12(2)9(14)13-6-11-7-4-3-5-10-8(7)13;1-12(2)8(14)13-7-6(10-11-13)4-3-5-9-7;1-11(2)15(13,14)12-8-6-4-3-5-7(8)9-10-12/h3-9H,1-2H3;3-7H,1-2H3;2*3-6H,1-2H3;3-5H,1-2H3;3-6H,1-2H3. The average molecular weight is 1240 g/mol. The predicted octanol–water partition coefficient (Wildman–Crippen LogP) is 5.13. The number of pyridine rings is 3. The highest BCUT2D eigenvalue weighted by Gasteiger charge is 2.21. The molecule has 9 aromatic heterocycles. The van der Waals surface area contributed by atoms with Gasteiger partial charge >= 0.3 is 44.5 Å². The first-order chi connectivity index (χ1) is 41.8. The van der Waals surface area contributed by atoms with Crippen LogP contribution < -0.4 is 0 Å². The monoisotopic (exact) mass is 1240 g/mol. The molecule has 88 heavy (non-hydrogen) atoms. The summed E-state index contributed by atoms with van der Waals surface area (Å²) in [4.78, 5) is 80.9. The summed E-state index contributed by atoms with van der Waals surface area (Å²) in [5.74, 6) is 0. The molecule has 0 aliphatic rings. The molecule has 0 saturated carbocycles. The third-order valence-corrected chi connectivity index (χ3v) is 15.3.